The first-order chi connectivity index (χ1) is 12.3. The minimum Gasteiger partial charge on any atom is -0.444 e. The van der Waals surface area contributed by atoms with Crippen molar-refractivity contribution in [3.8, 4) is 0 Å². The van der Waals surface area contributed by atoms with Gasteiger partial charge in [0.25, 0.3) is 0 Å². The van der Waals surface area contributed by atoms with Gasteiger partial charge < -0.3 is 20.1 Å². The predicted octanol–water partition coefficient (Wildman–Crippen LogP) is 4.08. The molecule has 0 radical (unpaired) electrons. The van der Waals surface area contributed by atoms with Crippen LogP contribution in [0.3, 0.4) is 0 Å². The molecule has 0 aromatic carbocycles. The van der Waals surface area contributed by atoms with Crippen molar-refractivity contribution in [3.05, 3.63) is 28.0 Å². The van der Waals surface area contributed by atoms with Crippen molar-refractivity contribution in [1.82, 2.24) is 9.88 Å². The molecule has 150 valence electrons. The molecule has 7 heteroatoms. The third-order valence-corrected chi connectivity index (χ3v) is 5.52. The summed E-state index contributed by atoms with van der Waals surface area (Å²) in [7, 11) is 0. The summed E-state index contributed by atoms with van der Waals surface area (Å²) in [4.78, 5) is 18.9. The molecule has 1 aromatic rings. The average Bonchev–Trinajstić information content (AvgIpc) is 2.81. The normalized spacial score (nSPS) is 22.1. The van der Waals surface area contributed by atoms with Crippen molar-refractivity contribution in [2.24, 2.45) is 5.73 Å². The zero-order valence-electron chi connectivity index (χ0n) is 17.1. The van der Waals surface area contributed by atoms with Crippen LogP contribution >= 0.6 is 11.6 Å². The number of aromatic nitrogens is 1. The predicted molar refractivity (Wildman–Crippen MR) is 105 cm³/mol. The Morgan fingerprint density at radius 3 is 2.44 bits per heavy atom. The first-order valence-corrected chi connectivity index (χ1v) is 9.82. The zero-order valence-corrected chi connectivity index (χ0v) is 17.8. The fraction of sp³-hybridized carbons (Fsp3) is 0.700. The summed E-state index contributed by atoms with van der Waals surface area (Å²) in [6, 6.07) is 1.94. The van der Waals surface area contributed by atoms with E-state index >= 15 is 0 Å². The summed E-state index contributed by atoms with van der Waals surface area (Å²) in [5.41, 5.74) is 7.44. The van der Waals surface area contributed by atoms with Crippen LogP contribution in [0.4, 0.5) is 4.79 Å². The Morgan fingerprint density at radius 2 is 1.93 bits per heavy atom. The second kappa shape index (κ2) is 6.61. The number of halogens is 1. The number of ether oxygens (including phenoxy) is 2. The standard InChI is InChI=1S/C20H30ClN3O3/c1-12-14(21)11-13-15(23-12)20(26-16(13)19(5,6)22)7-9-24(10-8-20)17(25)27-18(2,3)4/h11,16H,7-10,22H2,1-6H3/t16-/m0/s1. The Morgan fingerprint density at radius 1 is 1.33 bits per heavy atom. The molecule has 6 nitrogen and oxygen atoms in total. The van der Waals surface area contributed by atoms with Gasteiger partial charge in [-0.25, -0.2) is 4.79 Å². The van der Waals surface area contributed by atoms with E-state index in [1.807, 2.05) is 47.6 Å². The molecule has 3 heterocycles. The van der Waals surface area contributed by atoms with Gasteiger partial charge in [-0.05, 0) is 60.5 Å². The number of hydrogen-bond donors (Lipinski definition) is 1. The Bertz CT molecular complexity index is 744. The topological polar surface area (TPSA) is 77.7 Å². The van der Waals surface area contributed by atoms with E-state index < -0.39 is 16.7 Å². The van der Waals surface area contributed by atoms with E-state index in [4.69, 9.17) is 31.8 Å². The van der Waals surface area contributed by atoms with Crippen LogP contribution in [-0.2, 0) is 15.1 Å². The lowest BCUT2D eigenvalue weighted by atomic mass is 9.85. The summed E-state index contributed by atoms with van der Waals surface area (Å²) in [6.45, 7) is 12.5. The fourth-order valence-corrected chi connectivity index (χ4v) is 3.95. The molecular formula is C20H30ClN3O3. The molecule has 27 heavy (non-hydrogen) atoms. The van der Waals surface area contributed by atoms with E-state index in [1.54, 1.807) is 4.90 Å². The number of aryl methyl sites for hydroxylation is 1. The summed E-state index contributed by atoms with van der Waals surface area (Å²) in [5, 5.41) is 0.620. The molecule has 0 unspecified atom stereocenters. The van der Waals surface area contributed by atoms with Gasteiger partial charge in [-0.2, -0.15) is 0 Å². The van der Waals surface area contributed by atoms with Crippen molar-refractivity contribution >= 4 is 17.7 Å². The van der Waals surface area contributed by atoms with Gasteiger partial charge in [0.05, 0.1) is 16.4 Å². The van der Waals surface area contributed by atoms with Crippen molar-refractivity contribution in [2.45, 2.75) is 77.2 Å². The molecular weight excluding hydrogens is 366 g/mol. The fourth-order valence-electron chi connectivity index (χ4n) is 3.79. The minimum atomic E-state index is -0.569. The molecule has 0 saturated carbocycles. The SMILES string of the molecule is Cc1nc2c(cc1Cl)[C@@H](C(C)(C)N)OC21CCN(C(=O)OC(C)(C)C)CC1. The maximum absolute atomic E-state index is 12.4. The molecule has 1 amide bonds. The number of pyridine rings is 1. The number of hydrogen-bond acceptors (Lipinski definition) is 5. The van der Waals surface area contributed by atoms with Crippen molar-refractivity contribution in [3.63, 3.8) is 0 Å². The Labute approximate surface area is 166 Å². The molecule has 1 saturated heterocycles. The molecule has 1 spiro atoms. The van der Waals surface area contributed by atoms with Crippen molar-refractivity contribution in [2.75, 3.05) is 13.1 Å². The number of carbonyl (C=O) groups is 1. The van der Waals surface area contributed by atoms with Crippen molar-refractivity contribution in [1.29, 1.82) is 0 Å². The monoisotopic (exact) mass is 395 g/mol. The number of likely N-dealkylation sites (tertiary alicyclic amines) is 1. The smallest absolute Gasteiger partial charge is 0.410 e. The van der Waals surface area contributed by atoms with Gasteiger partial charge in [0.2, 0.25) is 0 Å². The quantitative estimate of drug-likeness (QED) is 0.775. The lowest BCUT2D eigenvalue weighted by Gasteiger charge is -2.40. The van der Waals surface area contributed by atoms with E-state index in [9.17, 15) is 4.79 Å². The van der Waals surface area contributed by atoms with Gasteiger partial charge in [-0.1, -0.05) is 11.6 Å². The molecule has 1 aromatic heterocycles. The van der Waals surface area contributed by atoms with Crippen LogP contribution in [0.25, 0.3) is 0 Å². The molecule has 2 aliphatic rings. The number of rotatable bonds is 1. The first kappa shape index (κ1) is 20.4. The largest absolute Gasteiger partial charge is 0.444 e. The second-order valence-corrected chi connectivity index (χ2v) is 9.68. The number of nitrogens with zero attached hydrogens (tertiary/aromatic N) is 2. The molecule has 0 aliphatic carbocycles. The van der Waals surface area contributed by atoms with Crippen molar-refractivity contribution < 1.29 is 14.3 Å². The number of piperidine rings is 1. The van der Waals surface area contributed by atoms with E-state index in [1.165, 1.54) is 0 Å². The van der Waals surface area contributed by atoms with Gasteiger partial charge in [0.1, 0.15) is 17.3 Å². The second-order valence-electron chi connectivity index (χ2n) is 9.27. The summed E-state index contributed by atoms with van der Waals surface area (Å²) in [6.07, 6.45) is 0.734. The molecule has 3 rings (SSSR count). The number of nitrogens with two attached hydrogens (primary N) is 1. The average molecular weight is 396 g/mol. The summed E-state index contributed by atoms with van der Waals surface area (Å²) >= 11 is 6.33. The minimum absolute atomic E-state index is 0.286. The van der Waals surface area contributed by atoms with Crippen LogP contribution in [0.5, 0.6) is 0 Å². The lowest BCUT2D eigenvalue weighted by Crippen LogP contribution is -2.48. The van der Waals surface area contributed by atoms with E-state index in [2.05, 4.69) is 0 Å². The van der Waals surface area contributed by atoms with Gasteiger partial charge in [0, 0.05) is 24.2 Å². The van der Waals surface area contributed by atoms with Crippen LogP contribution in [0.15, 0.2) is 6.07 Å². The molecule has 0 bridgehead atoms. The number of fused-ring (bicyclic) bond motifs is 2. The Balaban J connectivity index is 1.86. The van der Waals surface area contributed by atoms with Crippen LogP contribution in [0.2, 0.25) is 5.02 Å². The molecule has 1 fully saturated rings. The highest BCUT2D eigenvalue weighted by molar-refractivity contribution is 6.31. The molecule has 2 N–H and O–H groups in total. The van der Waals surface area contributed by atoms with Gasteiger partial charge in [-0.3, -0.25) is 4.98 Å². The summed E-state index contributed by atoms with van der Waals surface area (Å²) < 4.78 is 12.0. The van der Waals surface area contributed by atoms with Crippen LogP contribution in [0.1, 0.15) is 70.5 Å². The lowest BCUT2D eigenvalue weighted by molar-refractivity contribution is -0.128. The third-order valence-electron chi connectivity index (χ3n) is 5.14. The highest BCUT2D eigenvalue weighted by Crippen LogP contribution is 2.52. The maximum atomic E-state index is 12.4. The zero-order chi connectivity index (χ0) is 20.2. The first-order valence-electron chi connectivity index (χ1n) is 9.44. The Kier molecular flexibility index (Phi) is 4.98. The van der Waals surface area contributed by atoms with Crippen LogP contribution in [0, 0.1) is 6.92 Å². The molecule has 1 atom stereocenters. The number of carbonyl (C=O) groups excluding carboxylic acids is 1. The van der Waals surface area contributed by atoms with Gasteiger partial charge in [-0.15, -0.1) is 0 Å². The van der Waals surface area contributed by atoms with Crippen LogP contribution in [-0.4, -0.2) is 40.2 Å². The highest BCUT2D eigenvalue weighted by Gasteiger charge is 2.52. The van der Waals surface area contributed by atoms with E-state index in [0.29, 0.717) is 31.0 Å². The van der Waals surface area contributed by atoms with Gasteiger partial charge in [0.15, 0.2) is 0 Å². The van der Waals surface area contributed by atoms with E-state index in [0.717, 1.165) is 17.0 Å². The molecule has 2 aliphatic heterocycles. The number of amides is 1. The summed E-state index contributed by atoms with van der Waals surface area (Å²) in [5.74, 6) is 0. The maximum Gasteiger partial charge on any atom is 0.410 e. The highest BCUT2D eigenvalue weighted by atomic mass is 35.5. The van der Waals surface area contributed by atoms with E-state index in [-0.39, 0.29) is 12.2 Å². The Hall–Kier alpha value is -1.37. The van der Waals surface area contributed by atoms with Gasteiger partial charge >= 0.3 is 6.09 Å². The van der Waals surface area contributed by atoms with Crippen LogP contribution < -0.4 is 5.73 Å². The third kappa shape index (κ3) is 3.93.